The minimum atomic E-state index is -3.42. The minimum Gasteiger partial charge on any atom is -1.00 e. The Hall–Kier alpha value is -1.62. The van der Waals surface area contributed by atoms with Gasteiger partial charge in [-0.25, -0.2) is 19.9 Å². The van der Waals surface area contributed by atoms with Crippen LogP contribution in [0, 0.1) is 0 Å². The molecular formula is C21H39ClN7O4P. The number of likely N-dealkylation sites (N-methyl/N-ethyl adjacent to an activating group) is 1. The van der Waals surface area contributed by atoms with Crippen LogP contribution in [-0.4, -0.2) is 102 Å². The largest absolute Gasteiger partial charge is 1.00 e. The van der Waals surface area contributed by atoms with Crippen LogP contribution in [0.3, 0.4) is 0 Å². The molecule has 0 fully saturated rings. The van der Waals surface area contributed by atoms with Gasteiger partial charge in [-0.05, 0) is 27.7 Å². The molecule has 0 spiro atoms. The summed E-state index contributed by atoms with van der Waals surface area (Å²) in [6, 6.07) is 0. The summed E-state index contributed by atoms with van der Waals surface area (Å²) in [4.78, 5) is 19.3. The quantitative estimate of drug-likeness (QED) is 0.159. The standard InChI is InChI=1S/C21H39N7O4P.ClH/c1-16(2)31-33(29,32-17(3)4)15-30-18(11-28(7,8)9)10-27-14-24-19-20(25-13-26(5)6)22-12-23-21(19)27;/h12-14,16-18H,10-11,15H2,1-9H3;1H/q+1;/p-1/b25-13+;. The summed E-state index contributed by atoms with van der Waals surface area (Å²) < 4.78 is 33.3. The summed E-state index contributed by atoms with van der Waals surface area (Å²) in [5.41, 5.74) is 1.27. The van der Waals surface area contributed by atoms with Gasteiger partial charge in [0.1, 0.15) is 25.3 Å². The third kappa shape index (κ3) is 9.93. The van der Waals surface area contributed by atoms with E-state index < -0.39 is 7.60 Å². The maximum atomic E-state index is 13.3. The number of rotatable bonds is 13. The number of aromatic nitrogens is 4. The van der Waals surface area contributed by atoms with E-state index in [1.165, 1.54) is 6.33 Å². The molecule has 2 heterocycles. The fourth-order valence-corrected chi connectivity index (χ4v) is 5.03. The lowest BCUT2D eigenvalue weighted by Gasteiger charge is -2.31. The number of quaternary nitrogens is 1. The van der Waals surface area contributed by atoms with E-state index in [1.54, 1.807) is 12.7 Å². The van der Waals surface area contributed by atoms with Crippen molar-refractivity contribution in [2.75, 3.05) is 48.1 Å². The summed E-state index contributed by atoms with van der Waals surface area (Å²) in [6.45, 7) is 8.44. The van der Waals surface area contributed by atoms with Gasteiger partial charge in [0.15, 0.2) is 17.0 Å². The highest BCUT2D eigenvalue weighted by Crippen LogP contribution is 2.50. The zero-order valence-electron chi connectivity index (χ0n) is 21.7. The molecule has 0 aliphatic rings. The first-order chi connectivity index (χ1) is 15.3. The Bertz CT molecular complexity index is 962. The predicted molar refractivity (Wildman–Crippen MR) is 130 cm³/mol. The van der Waals surface area contributed by atoms with E-state index >= 15 is 0 Å². The fraction of sp³-hybridized carbons (Fsp3) is 0.714. The molecule has 0 aromatic carbocycles. The Kier molecular flexibility index (Phi) is 11.5. The van der Waals surface area contributed by atoms with Gasteiger partial charge in [0.05, 0.1) is 52.6 Å². The fourth-order valence-electron chi connectivity index (χ4n) is 3.18. The van der Waals surface area contributed by atoms with Crippen molar-refractivity contribution in [2.45, 2.75) is 52.6 Å². The molecule has 2 aromatic rings. The Morgan fingerprint density at radius 2 is 1.74 bits per heavy atom. The Balaban J connectivity index is 0.00000578. The molecule has 0 radical (unpaired) electrons. The molecule has 0 saturated carbocycles. The summed E-state index contributed by atoms with van der Waals surface area (Å²) in [6.07, 6.45) is 3.94. The molecule has 1 unspecified atom stereocenters. The van der Waals surface area contributed by atoms with Gasteiger partial charge < -0.3 is 40.1 Å². The van der Waals surface area contributed by atoms with Crippen molar-refractivity contribution < 1.29 is 35.2 Å². The van der Waals surface area contributed by atoms with E-state index in [9.17, 15) is 4.57 Å². The average molecular weight is 520 g/mol. The smallest absolute Gasteiger partial charge is 0.356 e. The number of hydrogen-bond donors (Lipinski definition) is 0. The van der Waals surface area contributed by atoms with Crippen LogP contribution in [0.15, 0.2) is 17.6 Å². The molecule has 11 nitrogen and oxygen atoms in total. The van der Waals surface area contributed by atoms with Crippen LogP contribution in [0.5, 0.6) is 0 Å². The molecule has 1 atom stereocenters. The number of halogens is 1. The second-order valence-corrected chi connectivity index (χ2v) is 11.7. The second kappa shape index (κ2) is 12.9. The van der Waals surface area contributed by atoms with Crippen molar-refractivity contribution in [3.63, 3.8) is 0 Å². The van der Waals surface area contributed by atoms with Crippen LogP contribution in [0.2, 0.25) is 0 Å². The van der Waals surface area contributed by atoms with Crippen LogP contribution in [-0.2, 0) is 24.9 Å². The van der Waals surface area contributed by atoms with Crippen LogP contribution in [0.4, 0.5) is 5.82 Å². The number of fused-ring (bicyclic) bond motifs is 1. The highest BCUT2D eigenvalue weighted by Gasteiger charge is 2.31. The van der Waals surface area contributed by atoms with Crippen molar-refractivity contribution in [2.24, 2.45) is 4.99 Å². The van der Waals surface area contributed by atoms with Crippen molar-refractivity contribution in [3.8, 4) is 0 Å². The summed E-state index contributed by atoms with van der Waals surface area (Å²) >= 11 is 0. The van der Waals surface area contributed by atoms with E-state index in [1.807, 2.05) is 51.3 Å². The van der Waals surface area contributed by atoms with Gasteiger partial charge in [0.2, 0.25) is 0 Å². The number of nitrogens with zero attached hydrogens (tertiary/aromatic N) is 7. The van der Waals surface area contributed by atoms with Gasteiger partial charge in [0.25, 0.3) is 0 Å². The third-order valence-corrected chi connectivity index (χ3v) is 6.11. The number of imidazole rings is 1. The van der Waals surface area contributed by atoms with E-state index in [-0.39, 0.29) is 37.1 Å². The molecule has 0 saturated heterocycles. The maximum Gasteiger partial charge on any atom is 0.356 e. The van der Waals surface area contributed by atoms with Gasteiger partial charge in [-0.15, -0.1) is 0 Å². The topological polar surface area (TPSA) is 104 Å². The van der Waals surface area contributed by atoms with Crippen molar-refractivity contribution in [1.29, 1.82) is 0 Å². The molecule has 0 aliphatic carbocycles. The first kappa shape index (κ1) is 30.4. The lowest BCUT2D eigenvalue weighted by molar-refractivity contribution is -0.873. The van der Waals surface area contributed by atoms with Crippen LogP contribution in [0.1, 0.15) is 27.7 Å². The van der Waals surface area contributed by atoms with Gasteiger partial charge in [0, 0.05) is 14.1 Å². The highest BCUT2D eigenvalue weighted by atomic mass is 35.5. The molecule has 194 valence electrons. The first-order valence-corrected chi connectivity index (χ1v) is 12.7. The second-order valence-electron chi connectivity index (χ2n) is 9.78. The lowest BCUT2D eigenvalue weighted by Crippen LogP contribution is -3.00. The number of aliphatic imine (C=N–C) groups is 1. The van der Waals surface area contributed by atoms with Crippen LogP contribution in [0.25, 0.3) is 11.2 Å². The minimum absolute atomic E-state index is 0. The molecule has 34 heavy (non-hydrogen) atoms. The average Bonchev–Trinajstić information content (AvgIpc) is 3.05. The van der Waals surface area contributed by atoms with E-state index in [0.29, 0.717) is 34.6 Å². The number of hydrogen-bond acceptors (Lipinski definition) is 8. The Labute approximate surface area is 209 Å². The molecule has 2 aromatic heterocycles. The molecule has 0 aliphatic heterocycles. The molecule has 2 rings (SSSR count). The van der Waals surface area contributed by atoms with Crippen LogP contribution >= 0.6 is 7.60 Å². The van der Waals surface area contributed by atoms with Crippen molar-refractivity contribution in [1.82, 2.24) is 24.4 Å². The molecule has 13 heteroatoms. The van der Waals surface area contributed by atoms with Crippen molar-refractivity contribution in [3.05, 3.63) is 12.7 Å². The normalized spacial score (nSPS) is 13.7. The monoisotopic (exact) mass is 519 g/mol. The summed E-state index contributed by atoms with van der Waals surface area (Å²) in [5.74, 6) is 0.497. The Morgan fingerprint density at radius 1 is 1.12 bits per heavy atom. The molecule has 0 bridgehead atoms. The lowest BCUT2D eigenvalue weighted by atomic mass is 10.3. The van der Waals surface area contributed by atoms with Gasteiger partial charge in [-0.3, -0.25) is 4.57 Å². The zero-order chi connectivity index (χ0) is 24.8. The summed E-state index contributed by atoms with van der Waals surface area (Å²) in [7, 11) is 6.59. The van der Waals surface area contributed by atoms with Gasteiger partial charge in [-0.2, -0.15) is 0 Å². The van der Waals surface area contributed by atoms with Gasteiger partial charge >= 0.3 is 7.60 Å². The van der Waals surface area contributed by atoms with E-state index in [0.717, 1.165) is 0 Å². The van der Waals surface area contributed by atoms with E-state index in [2.05, 4.69) is 41.1 Å². The zero-order valence-corrected chi connectivity index (χ0v) is 23.3. The summed E-state index contributed by atoms with van der Waals surface area (Å²) in [5, 5.41) is 0. The highest BCUT2D eigenvalue weighted by molar-refractivity contribution is 7.53. The van der Waals surface area contributed by atoms with Gasteiger partial charge in [-0.1, -0.05) is 0 Å². The first-order valence-electron chi connectivity index (χ1n) is 11.0. The van der Waals surface area contributed by atoms with Crippen molar-refractivity contribution >= 4 is 30.9 Å². The molecule has 0 amide bonds. The number of ether oxygens (including phenoxy) is 1. The molecular weight excluding hydrogens is 481 g/mol. The predicted octanol–water partition coefficient (Wildman–Crippen LogP) is 0.144. The van der Waals surface area contributed by atoms with Crippen LogP contribution < -0.4 is 12.4 Å². The molecule has 0 N–H and O–H groups in total. The SMILES string of the molecule is CC(C)OP(=O)(COC(Cn1cnc2c(/N=C/N(C)C)ncnc21)C[N+](C)(C)C)OC(C)C.[Cl-]. The maximum absolute atomic E-state index is 13.3. The van der Waals surface area contributed by atoms with E-state index in [4.69, 9.17) is 13.8 Å². The third-order valence-electron chi connectivity index (χ3n) is 4.16. The Morgan fingerprint density at radius 3 is 2.26 bits per heavy atom.